The molecule has 1 aromatic heterocycles. The second kappa shape index (κ2) is 6.02. The van der Waals surface area contributed by atoms with Gasteiger partial charge in [0.05, 0.1) is 0 Å². The molecule has 104 valence electrons. The zero-order valence-corrected chi connectivity index (χ0v) is 11.4. The van der Waals surface area contributed by atoms with Crippen LogP contribution < -0.4 is 16.4 Å². The number of rotatable bonds is 4. The second-order valence-electron chi connectivity index (χ2n) is 5.10. The highest BCUT2D eigenvalue weighted by atomic mass is 16.1. The molecule has 0 aromatic carbocycles. The predicted octanol–water partition coefficient (Wildman–Crippen LogP) is 1.28. The molecule has 1 aliphatic rings. The van der Waals surface area contributed by atoms with E-state index >= 15 is 0 Å². The molecule has 5 heteroatoms. The number of hydrogen-bond acceptors (Lipinski definition) is 4. The van der Waals surface area contributed by atoms with Crippen LogP contribution in [0.25, 0.3) is 0 Å². The van der Waals surface area contributed by atoms with E-state index in [9.17, 15) is 4.79 Å². The molecule has 1 heterocycles. The van der Waals surface area contributed by atoms with Gasteiger partial charge in [-0.3, -0.25) is 4.79 Å². The first-order valence-electron chi connectivity index (χ1n) is 6.91. The van der Waals surface area contributed by atoms with Gasteiger partial charge in [-0.25, -0.2) is 4.98 Å². The number of primary amides is 1. The molecule has 4 N–H and O–H groups in total. The van der Waals surface area contributed by atoms with Gasteiger partial charge in [0.25, 0.3) is 5.91 Å². The third kappa shape index (κ3) is 3.23. The summed E-state index contributed by atoms with van der Waals surface area (Å²) in [5, 5.41) is 0. The van der Waals surface area contributed by atoms with E-state index in [1.165, 1.54) is 0 Å². The molecule has 5 nitrogen and oxygen atoms in total. The number of pyridine rings is 1. The van der Waals surface area contributed by atoms with Crippen molar-refractivity contribution in [2.75, 3.05) is 11.4 Å². The number of anilines is 1. The first kappa shape index (κ1) is 13.8. The third-order valence-electron chi connectivity index (χ3n) is 3.80. The Morgan fingerprint density at radius 2 is 2.05 bits per heavy atom. The lowest BCUT2D eigenvalue weighted by Crippen LogP contribution is -2.41. The molecule has 1 aliphatic carbocycles. The van der Waals surface area contributed by atoms with Gasteiger partial charge >= 0.3 is 0 Å². The van der Waals surface area contributed by atoms with E-state index in [-0.39, 0.29) is 0 Å². The lowest BCUT2D eigenvalue weighted by Gasteiger charge is -2.36. The van der Waals surface area contributed by atoms with E-state index in [4.69, 9.17) is 11.5 Å². The minimum absolute atomic E-state index is 0.323. The molecule has 2 rings (SSSR count). The summed E-state index contributed by atoms with van der Waals surface area (Å²) >= 11 is 0. The van der Waals surface area contributed by atoms with Gasteiger partial charge < -0.3 is 16.4 Å². The van der Waals surface area contributed by atoms with Gasteiger partial charge in [-0.2, -0.15) is 0 Å². The maximum atomic E-state index is 11.2. The fraction of sp³-hybridized carbons (Fsp3) is 0.571. The summed E-state index contributed by atoms with van der Waals surface area (Å²) in [6.45, 7) is 2.97. The lowest BCUT2D eigenvalue weighted by molar-refractivity contribution is 0.0995. The van der Waals surface area contributed by atoms with Gasteiger partial charge in [-0.05, 0) is 44.7 Å². The zero-order valence-electron chi connectivity index (χ0n) is 11.4. The molecule has 1 fully saturated rings. The van der Waals surface area contributed by atoms with Gasteiger partial charge in [0, 0.05) is 18.6 Å². The first-order chi connectivity index (χ1) is 9.11. The Bertz CT molecular complexity index is 441. The summed E-state index contributed by atoms with van der Waals surface area (Å²) in [6, 6.07) is 6.21. The number of aromatic nitrogens is 1. The normalized spacial score (nSPS) is 23.1. The van der Waals surface area contributed by atoms with Crippen LogP contribution in [0.5, 0.6) is 0 Å². The molecular formula is C14H22N4O. The number of carbonyl (C=O) groups excluding carboxylic acids is 1. The number of amides is 1. The quantitative estimate of drug-likeness (QED) is 0.856. The fourth-order valence-corrected chi connectivity index (χ4v) is 2.74. The van der Waals surface area contributed by atoms with Crippen molar-refractivity contribution in [1.82, 2.24) is 4.98 Å². The molecule has 1 aromatic rings. The van der Waals surface area contributed by atoms with Crippen LogP contribution in [-0.2, 0) is 0 Å². The number of carbonyl (C=O) groups is 1. The molecule has 19 heavy (non-hydrogen) atoms. The molecule has 0 unspecified atom stereocenters. The Labute approximate surface area is 114 Å². The van der Waals surface area contributed by atoms with Crippen molar-refractivity contribution in [2.45, 2.75) is 44.7 Å². The maximum Gasteiger partial charge on any atom is 0.267 e. The lowest BCUT2D eigenvalue weighted by atomic mass is 9.90. The molecule has 0 aliphatic heterocycles. The van der Waals surface area contributed by atoms with Gasteiger partial charge in [0.2, 0.25) is 0 Å². The van der Waals surface area contributed by atoms with Crippen LogP contribution in [-0.4, -0.2) is 29.5 Å². The maximum absolute atomic E-state index is 11.2. The predicted molar refractivity (Wildman–Crippen MR) is 76.0 cm³/mol. The van der Waals surface area contributed by atoms with Crippen LogP contribution in [0.2, 0.25) is 0 Å². The summed E-state index contributed by atoms with van der Waals surface area (Å²) in [5.74, 6) is 0.350. The van der Waals surface area contributed by atoms with E-state index in [1.54, 1.807) is 6.07 Å². The smallest absolute Gasteiger partial charge is 0.267 e. The molecule has 0 spiro atoms. The Balaban J connectivity index is 2.17. The van der Waals surface area contributed by atoms with Gasteiger partial charge in [-0.1, -0.05) is 6.07 Å². The summed E-state index contributed by atoms with van der Waals surface area (Å²) in [5.41, 5.74) is 11.6. The first-order valence-corrected chi connectivity index (χ1v) is 6.91. The van der Waals surface area contributed by atoms with E-state index < -0.39 is 5.91 Å². The summed E-state index contributed by atoms with van der Waals surface area (Å²) < 4.78 is 0. The highest BCUT2D eigenvalue weighted by Crippen LogP contribution is 2.25. The van der Waals surface area contributed by atoms with Crippen molar-refractivity contribution in [3.05, 3.63) is 23.9 Å². The van der Waals surface area contributed by atoms with E-state index in [0.29, 0.717) is 17.8 Å². The molecule has 0 atom stereocenters. The molecule has 1 amide bonds. The number of nitrogens with zero attached hydrogens (tertiary/aromatic N) is 2. The van der Waals surface area contributed by atoms with Crippen LogP contribution in [0.3, 0.4) is 0 Å². The van der Waals surface area contributed by atoms with Crippen LogP contribution in [0, 0.1) is 0 Å². The largest absolute Gasteiger partial charge is 0.364 e. The summed E-state index contributed by atoms with van der Waals surface area (Å²) in [6.07, 6.45) is 4.27. The number of nitrogens with two attached hydrogens (primary N) is 2. The van der Waals surface area contributed by atoms with E-state index in [1.807, 2.05) is 12.1 Å². The average Bonchev–Trinajstić information content (AvgIpc) is 2.42. The van der Waals surface area contributed by atoms with Crippen LogP contribution >= 0.6 is 0 Å². The average molecular weight is 262 g/mol. The van der Waals surface area contributed by atoms with Gasteiger partial charge in [0.1, 0.15) is 11.5 Å². The minimum atomic E-state index is -0.483. The van der Waals surface area contributed by atoms with Gasteiger partial charge in [-0.15, -0.1) is 0 Å². The Kier molecular flexibility index (Phi) is 4.37. The minimum Gasteiger partial charge on any atom is -0.364 e. The van der Waals surface area contributed by atoms with Crippen molar-refractivity contribution in [2.24, 2.45) is 11.5 Å². The molecular weight excluding hydrogens is 240 g/mol. The molecule has 1 saturated carbocycles. The Morgan fingerprint density at radius 1 is 1.37 bits per heavy atom. The zero-order chi connectivity index (χ0) is 13.8. The molecule has 0 radical (unpaired) electrons. The Hall–Kier alpha value is -1.62. The van der Waals surface area contributed by atoms with E-state index in [0.717, 1.165) is 38.0 Å². The SMILES string of the molecule is CCN(c1cccc(C(N)=O)n1)C1CCC(N)CC1. The fourth-order valence-electron chi connectivity index (χ4n) is 2.74. The standard InChI is InChI=1S/C14H22N4O/c1-2-18(11-8-6-10(15)7-9-11)13-5-3-4-12(17-13)14(16)19/h3-5,10-11H,2,6-9,15H2,1H3,(H2,16,19). The van der Waals surface area contributed by atoms with Crippen LogP contribution in [0.15, 0.2) is 18.2 Å². The van der Waals surface area contributed by atoms with Crippen molar-refractivity contribution >= 4 is 11.7 Å². The van der Waals surface area contributed by atoms with Gasteiger partial charge in [0.15, 0.2) is 0 Å². The molecule has 0 saturated heterocycles. The van der Waals surface area contributed by atoms with Crippen LogP contribution in [0.1, 0.15) is 43.1 Å². The second-order valence-corrected chi connectivity index (χ2v) is 5.10. The van der Waals surface area contributed by atoms with E-state index in [2.05, 4.69) is 16.8 Å². The number of hydrogen-bond donors (Lipinski definition) is 2. The summed E-state index contributed by atoms with van der Waals surface area (Å²) in [4.78, 5) is 17.8. The highest BCUT2D eigenvalue weighted by molar-refractivity contribution is 5.91. The monoisotopic (exact) mass is 262 g/mol. The molecule has 0 bridgehead atoms. The van der Waals surface area contributed by atoms with Crippen molar-refractivity contribution in [3.63, 3.8) is 0 Å². The Morgan fingerprint density at radius 3 is 2.63 bits per heavy atom. The van der Waals surface area contributed by atoms with Crippen molar-refractivity contribution in [3.8, 4) is 0 Å². The van der Waals surface area contributed by atoms with Crippen LogP contribution in [0.4, 0.5) is 5.82 Å². The summed E-state index contributed by atoms with van der Waals surface area (Å²) in [7, 11) is 0. The van der Waals surface area contributed by atoms with Crippen molar-refractivity contribution in [1.29, 1.82) is 0 Å². The topological polar surface area (TPSA) is 85.2 Å². The highest BCUT2D eigenvalue weighted by Gasteiger charge is 2.24. The van der Waals surface area contributed by atoms with Crippen molar-refractivity contribution < 1.29 is 4.79 Å². The third-order valence-corrected chi connectivity index (χ3v) is 3.80.